The number of nitrogens with zero attached hydrogens (tertiary/aromatic N) is 2. The zero-order chi connectivity index (χ0) is 30.8. The van der Waals surface area contributed by atoms with Crippen LogP contribution in [0.5, 0.6) is 0 Å². The summed E-state index contributed by atoms with van der Waals surface area (Å²) in [5.74, 6) is -1.51. The molecular formula is C31H37F3N2O6. The molecule has 2 aromatic carbocycles. The topological polar surface area (TPSA) is 85.4 Å². The van der Waals surface area contributed by atoms with Crippen LogP contribution in [0.2, 0.25) is 0 Å². The highest BCUT2D eigenvalue weighted by atomic mass is 19.4. The average molecular weight is 591 g/mol. The third-order valence-electron chi connectivity index (χ3n) is 7.74. The first-order chi connectivity index (χ1) is 19.7. The first-order valence-electron chi connectivity index (χ1n) is 14.0. The summed E-state index contributed by atoms with van der Waals surface area (Å²) in [6, 6.07) is 15.0. The van der Waals surface area contributed by atoms with Crippen LogP contribution in [-0.2, 0) is 31.0 Å². The fraction of sp³-hybridized carbons (Fsp3) is 0.516. The molecule has 2 fully saturated rings. The van der Waals surface area contributed by atoms with Crippen LogP contribution in [-0.4, -0.2) is 71.0 Å². The van der Waals surface area contributed by atoms with E-state index in [9.17, 15) is 27.6 Å². The Morgan fingerprint density at radius 1 is 0.881 bits per heavy atom. The van der Waals surface area contributed by atoms with E-state index in [4.69, 9.17) is 14.2 Å². The summed E-state index contributed by atoms with van der Waals surface area (Å²) in [5.41, 5.74) is -4.92. The van der Waals surface area contributed by atoms with E-state index in [0.29, 0.717) is 19.3 Å². The molecule has 0 radical (unpaired) electrons. The van der Waals surface area contributed by atoms with Gasteiger partial charge in [0.25, 0.3) is 0 Å². The molecule has 2 saturated heterocycles. The van der Waals surface area contributed by atoms with Gasteiger partial charge in [0.1, 0.15) is 12.2 Å². The number of amides is 2. The molecule has 2 amide bonds. The molecule has 0 aromatic heterocycles. The summed E-state index contributed by atoms with van der Waals surface area (Å²) in [6.07, 6.45) is -4.69. The van der Waals surface area contributed by atoms with Gasteiger partial charge in [0.05, 0.1) is 19.1 Å². The molecule has 0 bridgehead atoms. The van der Waals surface area contributed by atoms with Gasteiger partial charge in [0.15, 0.2) is 11.0 Å². The summed E-state index contributed by atoms with van der Waals surface area (Å²) in [7, 11) is 0. The number of ether oxygens (including phenoxy) is 3. The Morgan fingerprint density at radius 2 is 1.48 bits per heavy atom. The number of benzene rings is 2. The van der Waals surface area contributed by atoms with Gasteiger partial charge in [-0.05, 0) is 58.1 Å². The van der Waals surface area contributed by atoms with Gasteiger partial charge in [0.2, 0.25) is 0 Å². The summed E-state index contributed by atoms with van der Waals surface area (Å²) in [6.45, 7) is 5.71. The molecule has 1 unspecified atom stereocenters. The lowest BCUT2D eigenvalue weighted by Crippen LogP contribution is -2.75. The van der Waals surface area contributed by atoms with Crippen LogP contribution < -0.4 is 0 Å². The van der Waals surface area contributed by atoms with Crippen molar-refractivity contribution in [2.75, 3.05) is 19.6 Å². The van der Waals surface area contributed by atoms with Crippen molar-refractivity contribution in [3.63, 3.8) is 0 Å². The number of esters is 1. The van der Waals surface area contributed by atoms with Crippen LogP contribution in [0, 0.1) is 0 Å². The van der Waals surface area contributed by atoms with Crippen LogP contribution in [0.15, 0.2) is 60.7 Å². The lowest BCUT2D eigenvalue weighted by atomic mass is 9.78. The molecular weight excluding hydrogens is 553 g/mol. The number of carbonyl (C=O) groups is 3. The van der Waals surface area contributed by atoms with Crippen molar-refractivity contribution in [2.45, 2.75) is 82.4 Å². The Bertz CT molecular complexity index is 1260. The normalized spacial score (nSPS) is 20.1. The summed E-state index contributed by atoms with van der Waals surface area (Å²) in [5, 5.41) is 0. The molecule has 2 aromatic rings. The largest absolute Gasteiger partial charge is 0.452 e. The highest BCUT2D eigenvalue weighted by molar-refractivity contribution is 5.85. The van der Waals surface area contributed by atoms with Crippen molar-refractivity contribution in [1.82, 2.24) is 9.80 Å². The third-order valence-corrected chi connectivity index (χ3v) is 7.74. The van der Waals surface area contributed by atoms with E-state index in [-0.39, 0.29) is 31.8 Å². The molecule has 0 N–H and O–H groups in total. The Labute approximate surface area is 243 Å². The smallest absolute Gasteiger partial charge is 0.410 e. The lowest BCUT2D eigenvalue weighted by molar-refractivity contribution is -0.231. The maximum atomic E-state index is 14.6. The summed E-state index contributed by atoms with van der Waals surface area (Å²) < 4.78 is 60.6. The number of alkyl halides is 3. The van der Waals surface area contributed by atoms with Crippen LogP contribution >= 0.6 is 0 Å². The fourth-order valence-corrected chi connectivity index (χ4v) is 5.36. The van der Waals surface area contributed by atoms with E-state index < -0.39 is 47.0 Å². The predicted molar refractivity (Wildman–Crippen MR) is 147 cm³/mol. The molecule has 0 aliphatic carbocycles. The minimum atomic E-state index is -4.98. The second-order valence-corrected chi connectivity index (χ2v) is 12.0. The Hall–Kier alpha value is -3.76. The zero-order valence-electron chi connectivity index (χ0n) is 24.3. The van der Waals surface area contributed by atoms with Gasteiger partial charge in [-0.15, -0.1) is 0 Å². The van der Waals surface area contributed by atoms with Crippen LogP contribution in [0.4, 0.5) is 22.8 Å². The maximum absolute atomic E-state index is 14.6. The van der Waals surface area contributed by atoms with Crippen molar-refractivity contribution >= 4 is 18.2 Å². The van der Waals surface area contributed by atoms with Gasteiger partial charge in [0, 0.05) is 6.54 Å². The van der Waals surface area contributed by atoms with Crippen molar-refractivity contribution in [3.8, 4) is 0 Å². The van der Waals surface area contributed by atoms with E-state index in [1.54, 1.807) is 51.1 Å². The molecule has 42 heavy (non-hydrogen) atoms. The zero-order valence-corrected chi connectivity index (χ0v) is 24.3. The minimum Gasteiger partial charge on any atom is -0.452 e. The minimum absolute atomic E-state index is 0.00340. The Kier molecular flexibility index (Phi) is 8.80. The average Bonchev–Trinajstić information content (AvgIpc) is 2.92. The molecule has 0 saturated carbocycles. The van der Waals surface area contributed by atoms with Crippen molar-refractivity contribution in [2.24, 2.45) is 0 Å². The van der Waals surface area contributed by atoms with Gasteiger partial charge in [-0.2, -0.15) is 13.2 Å². The molecule has 2 heterocycles. The van der Waals surface area contributed by atoms with Crippen LogP contribution in [0.25, 0.3) is 0 Å². The monoisotopic (exact) mass is 590 g/mol. The number of carbonyl (C=O) groups excluding carboxylic acids is 3. The molecule has 2 aliphatic rings. The molecule has 4 rings (SSSR count). The number of rotatable bonds is 6. The van der Waals surface area contributed by atoms with E-state index in [1.807, 2.05) is 6.07 Å². The van der Waals surface area contributed by atoms with E-state index in [1.165, 1.54) is 34.1 Å². The highest BCUT2D eigenvalue weighted by Gasteiger charge is 2.64. The molecule has 11 heteroatoms. The molecule has 2 atom stereocenters. The van der Waals surface area contributed by atoms with Gasteiger partial charge < -0.3 is 19.1 Å². The van der Waals surface area contributed by atoms with Crippen LogP contribution in [0.3, 0.4) is 0 Å². The van der Waals surface area contributed by atoms with Gasteiger partial charge in [-0.1, -0.05) is 60.7 Å². The second-order valence-electron chi connectivity index (χ2n) is 12.0. The third kappa shape index (κ3) is 6.50. The predicted octanol–water partition coefficient (Wildman–Crippen LogP) is 6.23. The SMILES string of the molecule is CC(C)(C)OC(=O)N1CCCCC1C1(OC(=O)[C@@](C)(c2ccccc2)C(F)(F)F)CN(C(=O)OCc2ccccc2)C1. The van der Waals surface area contributed by atoms with Crippen molar-refractivity contribution in [3.05, 3.63) is 71.8 Å². The van der Waals surface area contributed by atoms with E-state index >= 15 is 0 Å². The van der Waals surface area contributed by atoms with Crippen molar-refractivity contribution < 1.29 is 41.8 Å². The van der Waals surface area contributed by atoms with Crippen LogP contribution in [0.1, 0.15) is 58.1 Å². The van der Waals surface area contributed by atoms with Gasteiger partial charge in [-0.3, -0.25) is 9.69 Å². The quantitative estimate of drug-likeness (QED) is 0.293. The first kappa shape index (κ1) is 31.2. The number of piperidine rings is 1. The lowest BCUT2D eigenvalue weighted by Gasteiger charge is -2.56. The first-order valence-corrected chi connectivity index (χ1v) is 14.0. The number of halogens is 3. The van der Waals surface area contributed by atoms with E-state index in [0.717, 1.165) is 12.5 Å². The number of hydrogen-bond donors (Lipinski definition) is 0. The molecule has 228 valence electrons. The van der Waals surface area contributed by atoms with Gasteiger partial charge >= 0.3 is 24.3 Å². The second kappa shape index (κ2) is 11.9. The van der Waals surface area contributed by atoms with Crippen molar-refractivity contribution in [1.29, 1.82) is 0 Å². The molecule has 0 spiro atoms. The number of likely N-dealkylation sites (tertiary alicyclic amines) is 2. The summed E-state index contributed by atoms with van der Waals surface area (Å²) in [4.78, 5) is 42.5. The molecule has 2 aliphatic heterocycles. The Balaban J connectivity index is 1.63. The number of hydrogen-bond acceptors (Lipinski definition) is 6. The standard InChI is InChI=1S/C31H37F3N2O6/c1-28(2,3)42-27(39)36-18-12-11-17-24(36)30(20-35(21-30)26(38)40-19-22-13-7-5-8-14-22)41-25(37)29(4,31(32,33)34)23-15-9-6-10-16-23/h5-10,13-16,24H,11-12,17-21H2,1-4H3/t24?,29-/m1/s1. The van der Waals surface area contributed by atoms with E-state index in [2.05, 4.69) is 0 Å². The summed E-state index contributed by atoms with van der Waals surface area (Å²) >= 11 is 0. The Morgan fingerprint density at radius 3 is 2.05 bits per heavy atom. The fourth-order valence-electron chi connectivity index (χ4n) is 5.36. The molecule has 8 nitrogen and oxygen atoms in total. The highest BCUT2D eigenvalue weighted by Crippen LogP contribution is 2.45. The van der Waals surface area contributed by atoms with Gasteiger partial charge in [-0.25, -0.2) is 9.59 Å². The maximum Gasteiger partial charge on any atom is 0.410 e.